The zero-order valence-corrected chi connectivity index (χ0v) is 22.1. The minimum atomic E-state index is -0.246. The third kappa shape index (κ3) is 5.12. The van der Waals surface area contributed by atoms with Crippen LogP contribution in [0.15, 0.2) is 54.6 Å². The molecule has 0 spiro atoms. The first-order valence-corrected chi connectivity index (χ1v) is 12.6. The lowest BCUT2D eigenvalue weighted by Gasteiger charge is -2.33. The number of benzene rings is 2. The SMILES string of the molecule is COc1c(N2CCOCC2)cc(C(=O)C[n+]2[n-]c(=N)n3nc(Oc4ccccc4)ccc32)cc1C(C)(C)C. The predicted octanol–water partition coefficient (Wildman–Crippen LogP) is 2.88. The van der Waals surface area contributed by atoms with Gasteiger partial charge in [-0.15, -0.1) is 0 Å². The lowest BCUT2D eigenvalue weighted by Crippen LogP contribution is -2.43. The van der Waals surface area contributed by atoms with E-state index in [-0.39, 0.29) is 23.4 Å². The summed E-state index contributed by atoms with van der Waals surface area (Å²) in [6.45, 7) is 8.96. The van der Waals surface area contributed by atoms with E-state index in [0.717, 1.165) is 30.1 Å². The molecule has 38 heavy (non-hydrogen) atoms. The number of fused-ring (bicyclic) bond motifs is 1. The summed E-state index contributed by atoms with van der Waals surface area (Å²) >= 11 is 0. The zero-order chi connectivity index (χ0) is 26.9. The number of ketones is 1. The molecule has 0 amide bonds. The number of ether oxygens (including phenoxy) is 3. The molecule has 5 rings (SSSR count). The van der Waals surface area contributed by atoms with Crippen LogP contribution in [0.5, 0.6) is 17.4 Å². The van der Waals surface area contributed by atoms with E-state index in [0.29, 0.717) is 36.1 Å². The molecule has 2 aromatic carbocycles. The van der Waals surface area contributed by atoms with Gasteiger partial charge in [-0.2, -0.15) is 5.10 Å². The largest absolute Gasteiger partial charge is 0.494 e. The van der Waals surface area contributed by atoms with Crippen molar-refractivity contribution in [2.45, 2.75) is 32.7 Å². The Morgan fingerprint density at radius 3 is 2.55 bits per heavy atom. The quantitative estimate of drug-likeness (QED) is 0.297. The Kier molecular flexibility index (Phi) is 6.90. The average molecular weight is 517 g/mol. The minimum absolute atomic E-state index is 0.0403. The monoisotopic (exact) mass is 516 g/mol. The maximum absolute atomic E-state index is 13.6. The van der Waals surface area contributed by atoms with Gasteiger partial charge in [0, 0.05) is 30.3 Å². The van der Waals surface area contributed by atoms with Crippen LogP contribution in [0.25, 0.3) is 5.65 Å². The molecule has 0 radical (unpaired) electrons. The molecule has 0 saturated carbocycles. The van der Waals surface area contributed by atoms with E-state index in [2.05, 4.69) is 35.9 Å². The van der Waals surface area contributed by atoms with E-state index in [1.54, 1.807) is 19.2 Å². The van der Waals surface area contributed by atoms with Crippen LogP contribution in [0.4, 0.5) is 5.69 Å². The number of aromatic nitrogens is 4. The standard InChI is InChI=1S/C28H32N6O4/c1-28(2,3)21-16-19(17-22(26(21)36-4)32-12-14-37-15-13-32)23(35)18-33-25-11-10-24(30-34(25)27(29)31-33)38-20-8-6-5-7-9-20/h5-11,16-17,29H,12-15,18H2,1-4H3. The summed E-state index contributed by atoms with van der Waals surface area (Å²) in [7, 11) is 1.67. The van der Waals surface area contributed by atoms with Gasteiger partial charge in [0.05, 0.1) is 31.6 Å². The van der Waals surface area contributed by atoms with Crippen molar-refractivity contribution in [3.63, 3.8) is 0 Å². The number of anilines is 1. The first-order valence-electron chi connectivity index (χ1n) is 12.6. The molecule has 2 aromatic heterocycles. The first kappa shape index (κ1) is 25.5. The zero-order valence-electron chi connectivity index (χ0n) is 22.1. The Morgan fingerprint density at radius 2 is 1.87 bits per heavy atom. The van der Waals surface area contributed by atoms with Crippen molar-refractivity contribution in [3.8, 4) is 17.4 Å². The summed E-state index contributed by atoms with van der Waals surface area (Å²) in [6.07, 6.45) is 0. The summed E-state index contributed by atoms with van der Waals surface area (Å²) in [4.78, 5) is 15.8. The molecular formula is C28H32N6O4. The highest BCUT2D eigenvalue weighted by Crippen LogP contribution is 2.40. The van der Waals surface area contributed by atoms with Crippen LogP contribution < -0.4 is 29.8 Å². The van der Waals surface area contributed by atoms with Crippen molar-refractivity contribution in [2.24, 2.45) is 0 Å². The number of morpholine rings is 1. The topological polar surface area (TPSA) is 107 Å². The minimum Gasteiger partial charge on any atom is -0.494 e. The Labute approximate surface area is 220 Å². The van der Waals surface area contributed by atoms with Gasteiger partial charge in [0.25, 0.3) is 0 Å². The van der Waals surface area contributed by atoms with Crippen LogP contribution >= 0.6 is 0 Å². The van der Waals surface area contributed by atoms with Gasteiger partial charge in [0.2, 0.25) is 11.7 Å². The summed E-state index contributed by atoms with van der Waals surface area (Å²) in [5.74, 6) is 1.62. The van der Waals surface area contributed by atoms with E-state index < -0.39 is 0 Å². The van der Waals surface area contributed by atoms with Crippen molar-refractivity contribution in [3.05, 3.63) is 71.3 Å². The van der Waals surface area contributed by atoms with Gasteiger partial charge in [0.15, 0.2) is 12.2 Å². The van der Waals surface area contributed by atoms with Gasteiger partial charge in [-0.05, 0) is 35.7 Å². The Balaban J connectivity index is 1.48. The Morgan fingerprint density at radius 1 is 1.13 bits per heavy atom. The molecule has 1 N–H and O–H groups in total. The molecule has 1 aliphatic heterocycles. The van der Waals surface area contributed by atoms with Gasteiger partial charge in [-0.25, -0.2) is 9.78 Å². The number of carbonyl (C=O) groups is 1. The first-order chi connectivity index (χ1) is 18.2. The fourth-order valence-corrected chi connectivity index (χ4v) is 4.55. The van der Waals surface area contributed by atoms with Crippen LogP contribution in [-0.2, 0) is 16.7 Å². The molecule has 10 heteroatoms. The van der Waals surface area contributed by atoms with E-state index in [4.69, 9.17) is 19.6 Å². The van der Waals surface area contributed by atoms with Crippen molar-refractivity contribution < 1.29 is 23.7 Å². The van der Waals surface area contributed by atoms with E-state index >= 15 is 0 Å². The lowest BCUT2D eigenvalue weighted by atomic mass is 9.84. The van der Waals surface area contributed by atoms with Crippen LogP contribution in [0.3, 0.4) is 0 Å². The summed E-state index contributed by atoms with van der Waals surface area (Å²) in [6, 6.07) is 16.5. The molecule has 0 atom stereocenters. The lowest BCUT2D eigenvalue weighted by molar-refractivity contribution is -0.721. The smallest absolute Gasteiger partial charge is 0.224 e. The van der Waals surface area contributed by atoms with E-state index in [1.165, 1.54) is 9.20 Å². The van der Waals surface area contributed by atoms with E-state index in [9.17, 15) is 4.79 Å². The second-order valence-electron chi connectivity index (χ2n) is 10.2. The normalized spacial score (nSPS) is 14.1. The summed E-state index contributed by atoms with van der Waals surface area (Å²) < 4.78 is 20.1. The van der Waals surface area contributed by atoms with Crippen molar-refractivity contribution in [1.29, 1.82) is 5.41 Å². The average Bonchev–Trinajstić information content (AvgIpc) is 3.22. The third-order valence-electron chi connectivity index (χ3n) is 6.49. The highest BCUT2D eigenvalue weighted by atomic mass is 16.5. The number of rotatable bonds is 7. The number of nitrogens with one attached hydrogen (secondary N) is 1. The number of Topliss-reactive ketones (excluding diaryl/α,β-unsaturated/α-hetero) is 1. The fourth-order valence-electron chi connectivity index (χ4n) is 4.55. The number of methoxy groups -OCH3 is 1. The highest BCUT2D eigenvalue weighted by Gasteiger charge is 2.27. The highest BCUT2D eigenvalue weighted by molar-refractivity contribution is 5.97. The van der Waals surface area contributed by atoms with Crippen LogP contribution in [0.2, 0.25) is 0 Å². The van der Waals surface area contributed by atoms with Gasteiger partial charge in [0.1, 0.15) is 11.5 Å². The van der Waals surface area contributed by atoms with Crippen LogP contribution in [0.1, 0.15) is 36.7 Å². The molecule has 10 nitrogen and oxygen atoms in total. The van der Waals surface area contributed by atoms with Crippen LogP contribution in [0, 0.1) is 5.41 Å². The Bertz CT molecular complexity index is 1510. The second-order valence-corrected chi connectivity index (χ2v) is 10.2. The van der Waals surface area contributed by atoms with Crippen molar-refractivity contribution in [1.82, 2.24) is 14.7 Å². The molecule has 4 aromatic rings. The van der Waals surface area contributed by atoms with Crippen LogP contribution in [-0.4, -0.2) is 48.8 Å². The number of carbonyl (C=O) groups excluding carboxylic acids is 1. The maximum atomic E-state index is 13.6. The molecule has 3 heterocycles. The molecule has 0 unspecified atom stereocenters. The molecule has 1 saturated heterocycles. The fraction of sp³-hybridized carbons (Fsp3) is 0.357. The van der Waals surface area contributed by atoms with Gasteiger partial charge in [-0.3, -0.25) is 9.31 Å². The molecule has 1 fully saturated rings. The van der Waals surface area contributed by atoms with Gasteiger partial charge < -0.3 is 24.5 Å². The predicted molar refractivity (Wildman–Crippen MR) is 140 cm³/mol. The molecular weight excluding hydrogens is 484 g/mol. The molecule has 1 aliphatic rings. The molecule has 0 bridgehead atoms. The van der Waals surface area contributed by atoms with E-state index in [1.807, 2.05) is 42.5 Å². The van der Waals surface area contributed by atoms with Crippen molar-refractivity contribution >= 4 is 17.1 Å². The summed E-state index contributed by atoms with van der Waals surface area (Å²) in [5, 5.41) is 17.0. The number of hydrogen-bond donors (Lipinski definition) is 1. The second kappa shape index (κ2) is 10.3. The molecule has 198 valence electrons. The Hall–Kier alpha value is -4.18. The number of nitrogens with zero attached hydrogens (tertiary/aromatic N) is 5. The van der Waals surface area contributed by atoms with Crippen molar-refractivity contribution in [2.75, 3.05) is 38.3 Å². The molecule has 0 aliphatic carbocycles. The van der Waals surface area contributed by atoms with Gasteiger partial charge >= 0.3 is 0 Å². The number of para-hydroxylation sites is 1. The summed E-state index contributed by atoms with van der Waals surface area (Å²) in [5.41, 5.74) is 2.58. The third-order valence-corrected chi connectivity index (χ3v) is 6.49. The maximum Gasteiger partial charge on any atom is 0.224 e. The number of hydrogen-bond acceptors (Lipinski definition) is 7. The van der Waals surface area contributed by atoms with Gasteiger partial charge in [-0.1, -0.05) is 39.0 Å².